The van der Waals surface area contributed by atoms with Crippen molar-refractivity contribution in [3.8, 4) is 0 Å². The summed E-state index contributed by atoms with van der Waals surface area (Å²) in [7, 11) is 0. The Hall–Kier alpha value is -2.14. The lowest BCUT2D eigenvalue weighted by Crippen LogP contribution is -2.45. The molecule has 1 aromatic heterocycles. The summed E-state index contributed by atoms with van der Waals surface area (Å²) in [6, 6.07) is 8.80. The average molecular weight is 341 g/mol. The van der Waals surface area contributed by atoms with Gasteiger partial charge in [0, 0.05) is 43.5 Å². The zero-order valence-electron chi connectivity index (χ0n) is 15.3. The largest absolute Gasteiger partial charge is 0.444 e. The Morgan fingerprint density at radius 3 is 2.72 bits per heavy atom. The second-order valence-electron chi connectivity index (χ2n) is 7.75. The van der Waals surface area contributed by atoms with E-state index >= 15 is 0 Å². The molecule has 1 aliphatic rings. The van der Waals surface area contributed by atoms with Crippen molar-refractivity contribution in [1.82, 2.24) is 15.2 Å². The number of likely N-dealkylation sites (tertiary alicyclic amines) is 1. The molecule has 2 aromatic rings. The highest BCUT2D eigenvalue weighted by Gasteiger charge is 2.23. The first-order valence-corrected chi connectivity index (χ1v) is 8.93. The highest BCUT2D eigenvalue weighted by molar-refractivity contribution is 5.81. The SMILES string of the molecule is CC(C)(C)OC(=O)NC1CCN(Cc2ccc3cnccc3c2)CC1. The summed E-state index contributed by atoms with van der Waals surface area (Å²) in [5.41, 5.74) is 0.869. The van der Waals surface area contributed by atoms with Gasteiger partial charge in [0.05, 0.1) is 0 Å². The van der Waals surface area contributed by atoms with Gasteiger partial charge in [0.2, 0.25) is 0 Å². The number of fused-ring (bicyclic) bond motifs is 1. The molecule has 0 saturated carbocycles. The van der Waals surface area contributed by atoms with Crippen molar-refractivity contribution in [1.29, 1.82) is 0 Å². The molecule has 1 N–H and O–H groups in total. The van der Waals surface area contributed by atoms with E-state index in [0.717, 1.165) is 32.5 Å². The van der Waals surface area contributed by atoms with Crippen molar-refractivity contribution in [3.05, 3.63) is 42.2 Å². The Morgan fingerprint density at radius 1 is 1.24 bits per heavy atom. The number of aromatic nitrogens is 1. The van der Waals surface area contributed by atoms with Gasteiger partial charge < -0.3 is 10.1 Å². The molecular formula is C20H27N3O2. The van der Waals surface area contributed by atoms with Crippen LogP contribution in [0.3, 0.4) is 0 Å². The van der Waals surface area contributed by atoms with E-state index in [4.69, 9.17) is 4.74 Å². The number of carbonyl (C=O) groups excluding carboxylic acids is 1. The standard InChI is InChI=1S/C20H27N3O2/c1-20(2,3)25-19(24)22-18-7-10-23(11-8-18)14-15-4-5-17-13-21-9-6-16(17)12-15/h4-6,9,12-13,18H,7-8,10-11,14H2,1-3H3,(H,22,24). The van der Waals surface area contributed by atoms with E-state index in [1.807, 2.05) is 33.2 Å². The van der Waals surface area contributed by atoms with Gasteiger partial charge in [-0.05, 0) is 56.7 Å². The lowest BCUT2D eigenvalue weighted by Gasteiger charge is -2.32. The fourth-order valence-electron chi connectivity index (χ4n) is 3.20. The lowest BCUT2D eigenvalue weighted by molar-refractivity contribution is 0.0477. The van der Waals surface area contributed by atoms with E-state index in [-0.39, 0.29) is 12.1 Å². The van der Waals surface area contributed by atoms with E-state index in [2.05, 4.69) is 39.5 Å². The summed E-state index contributed by atoms with van der Waals surface area (Å²) in [6.45, 7) is 8.56. The highest BCUT2D eigenvalue weighted by atomic mass is 16.6. The Kier molecular flexibility index (Phi) is 5.23. The molecule has 0 unspecified atom stereocenters. The predicted octanol–water partition coefficient (Wildman–Crippen LogP) is 3.72. The molecule has 25 heavy (non-hydrogen) atoms. The smallest absolute Gasteiger partial charge is 0.407 e. The van der Waals surface area contributed by atoms with Crippen LogP contribution in [0.1, 0.15) is 39.2 Å². The van der Waals surface area contributed by atoms with E-state index in [1.165, 1.54) is 16.3 Å². The molecule has 0 atom stereocenters. The van der Waals surface area contributed by atoms with Gasteiger partial charge in [-0.15, -0.1) is 0 Å². The van der Waals surface area contributed by atoms with Crippen molar-refractivity contribution in [2.24, 2.45) is 0 Å². The van der Waals surface area contributed by atoms with E-state index in [9.17, 15) is 4.79 Å². The van der Waals surface area contributed by atoms with Crippen LogP contribution in [0.25, 0.3) is 10.8 Å². The summed E-state index contributed by atoms with van der Waals surface area (Å²) in [4.78, 5) is 18.5. The highest BCUT2D eigenvalue weighted by Crippen LogP contribution is 2.18. The van der Waals surface area contributed by atoms with Crippen LogP contribution in [0, 0.1) is 0 Å². The molecule has 1 aliphatic heterocycles. The first-order chi connectivity index (χ1) is 11.9. The molecule has 1 amide bonds. The maximum atomic E-state index is 11.9. The van der Waals surface area contributed by atoms with Crippen molar-refractivity contribution in [2.45, 2.75) is 51.8 Å². The van der Waals surface area contributed by atoms with Crippen molar-refractivity contribution in [2.75, 3.05) is 13.1 Å². The zero-order valence-corrected chi connectivity index (χ0v) is 15.3. The molecule has 134 valence electrons. The monoisotopic (exact) mass is 341 g/mol. The van der Waals surface area contributed by atoms with Gasteiger partial charge in [0.15, 0.2) is 0 Å². The Morgan fingerprint density at radius 2 is 2.00 bits per heavy atom. The second-order valence-corrected chi connectivity index (χ2v) is 7.75. The normalized spacial score (nSPS) is 16.8. The molecule has 0 radical (unpaired) electrons. The van der Waals surface area contributed by atoms with Gasteiger partial charge in [0.1, 0.15) is 5.60 Å². The zero-order chi connectivity index (χ0) is 17.9. The van der Waals surface area contributed by atoms with Crippen molar-refractivity contribution in [3.63, 3.8) is 0 Å². The molecule has 0 bridgehead atoms. The van der Waals surface area contributed by atoms with Crippen molar-refractivity contribution < 1.29 is 9.53 Å². The maximum absolute atomic E-state index is 11.9. The van der Waals surface area contributed by atoms with Gasteiger partial charge in [-0.2, -0.15) is 0 Å². The number of nitrogens with one attached hydrogen (secondary N) is 1. The quantitative estimate of drug-likeness (QED) is 0.924. The third kappa shape index (κ3) is 5.16. The van der Waals surface area contributed by atoms with E-state index in [0.29, 0.717) is 0 Å². The van der Waals surface area contributed by atoms with Crippen LogP contribution in [0.4, 0.5) is 4.79 Å². The summed E-state index contributed by atoms with van der Waals surface area (Å²) in [5, 5.41) is 5.39. The molecule has 5 nitrogen and oxygen atoms in total. The van der Waals surface area contributed by atoms with Crippen LogP contribution >= 0.6 is 0 Å². The number of hydrogen-bond acceptors (Lipinski definition) is 4. The molecule has 5 heteroatoms. The summed E-state index contributed by atoms with van der Waals surface area (Å²) >= 11 is 0. The third-order valence-corrected chi connectivity index (χ3v) is 4.42. The molecule has 3 rings (SSSR count). The molecule has 1 fully saturated rings. The van der Waals surface area contributed by atoms with Crippen LogP contribution in [-0.4, -0.2) is 40.7 Å². The van der Waals surface area contributed by atoms with Gasteiger partial charge in [-0.25, -0.2) is 4.79 Å². The van der Waals surface area contributed by atoms with Gasteiger partial charge in [0.25, 0.3) is 0 Å². The minimum atomic E-state index is -0.448. The second kappa shape index (κ2) is 7.40. The van der Waals surface area contributed by atoms with Crippen LogP contribution in [0.5, 0.6) is 0 Å². The van der Waals surface area contributed by atoms with E-state index in [1.54, 1.807) is 0 Å². The molecular weight excluding hydrogens is 314 g/mol. The Labute approximate surface area is 149 Å². The average Bonchev–Trinajstić information content (AvgIpc) is 2.55. The number of amides is 1. The minimum absolute atomic E-state index is 0.203. The number of alkyl carbamates (subject to hydrolysis) is 1. The van der Waals surface area contributed by atoms with Crippen LogP contribution < -0.4 is 5.32 Å². The Bertz CT molecular complexity index is 731. The number of pyridine rings is 1. The molecule has 1 aromatic carbocycles. The third-order valence-electron chi connectivity index (χ3n) is 4.42. The first-order valence-electron chi connectivity index (χ1n) is 8.93. The topological polar surface area (TPSA) is 54.5 Å². The first kappa shape index (κ1) is 17.7. The number of carbonyl (C=O) groups is 1. The molecule has 2 heterocycles. The number of ether oxygens (including phenoxy) is 1. The van der Waals surface area contributed by atoms with Gasteiger partial charge in [-0.3, -0.25) is 9.88 Å². The number of nitrogens with zero attached hydrogens (tertiary/aromatic N) is 2. The maximum Gasteiger partial charge on any atom is 0.407 e. The molecule has 0 aliphatic carbocycles. The Balaban J connectivity index is 1.49. The van der Waals surface area contributed by atoms with Crippen LogP contribution in [-0.2, 0) is 11.3 Å². The number of piperidine rings is 1. The fraction of sp³-hybridized carbons (Fsp3) is 0.500. The predicted molar refractivity (Wildman–Crippen MR) is 99.4 cm³/mol. The van der Waals surface area contributed by atoms with Gasteiger partial charge in [-0.1, -0.05) is 12.1 Å². The fourth-order valence-corrected chi connectivity index (χ4v) is 3.20. The summed E-state index contributed by atoms with van der Waals surface area (Å²) < 4.78 is 5.34. The molecule has 0 spiro atoms. The van der Waals surface area contributed by atoms with E-state index < -0.39 is 5.60 Å². The lowest BCUT2D eigenvalue weighted by atomic mass is 10.0. The molecule has 1 saturated heterocycles. The summed E-state index contributed by atoms with van der Waals surface area (Å²) in [5.74, 6) is 0. The minimum Gasteiger partial charge on any atom is -0.444 e. The summed E-state index contributed by atoms with van der Waals surface area (Å²) in [6.07, 6.45) is 5.33. The number of rotatable bonds is 3. The number of benzene rings is 1. The number of hydrogen-bond donors (Lipinski definition) is 1. The van der Waals surface area contributed by atoms with Gasteiger partial charge >= 0.3 is 6.09 Å². The van der Waals surface area contributed by atoms with Crippen LogP contribution in [0.2, 0.25) is 0 Å². The van der Waals surface area contributed by atoms with Crippen molar-refractivity contribution >= 4 is 16.9 Å². The van der Waals surface area contributed by atoms with Crippen LogP contribution in [0.15, 0.2) is 36.7 Å².